The van der Waals surface area contributed by atoms with Gasteiger partial charge in [-0.15, -0.1) is 9.24 Å². The molecule has 0 bridgehead atoms. The molecule has 0 spiro atoms. The molecule has 11 rings (SSSR count). The molecular formula is C79H78BrNO12PPb3-. The van der Waals surface area contributed by atoms with Crippen LogP contribution < -0.4 is 22.5 Å². The van der Waals surface area contributed by atoms with Gasteiger partial charge in [0.2, 0.25) is 0 Å². The normalized spacial score (nSPS) is 10.4. The summed E-state index contributed by atoms with van der Waals surface area (Å²) in [4.78, 5) is 64.3. The average molecular weight is 1970 g/mol. The van der Waals surface area contributed by atoms with Crippen molar-refractivity contribution in [2.75, 3.05) is 13.2 Å². The van der Waals surface area contributed by atoms with Crippen molar-refractivity contribution in [3.8, 4) is 0 Å². The average Bonchev–Trinajstić information content (AvgIpc) is 1.86. The number of carboxylic acid groups (broad SMARTS) is 4. The van der Waals surface area contributed by atoms with Crippen molar-refractivity contribution in [1.29, 1.82) is 0 Å². The molecule has 10 aromatic rings. The van der Waals surface area contributed by atoms with E-state index in [-0.39, 0.29) is 104 Å². The minimum absolute atomic E-state index is 0. The zero-order valence-electron chi connectivity index (χ0n) is 53.4. The van der Waals surface area contributed by atoms with Crippen LogP contribution in [0.3, 0.4) is 0 Å². The van der Waals surface area contributed by atoms with Crippen LogP contribution in [0.15, 0.2) is 273 Å². The Morgan fingerprint density at radius 2 is 0.629 bits per heavy atom. The topological polar surface area (TPSA) is 225 Å². The fraction of sp³-hybridized carbons (Fsp3) is 0.114. The van der Waals surface area contributed by atoms with Gasteiger partial charge in [-0.25, -0.2) is 24.7 Å². The Hall–Kier alpha value is -7.70. The van der Waals surface area contributed by atoms with Crippen molar-refractivity contribution in [3.05, 3.63) is 356 Å². The zero-order chi connectivity index (χ0) is 66.7. The third kappa shape index (κ3) is 37.0. The second-order valence-corrected chi connectivity index (χ2v) is 20.9. The van der Waals surface area contributed by atoms with Crippen LogP contribution in [-0.2, 0) is 36.6 Å². The first kappa shape index (κ1) is 87.3. The van der Waals surface area contributed by atoms with Gasteiger partial charge in [0.15, 0.2) is 0 Å². The number of ether oxygens (including phenoxy) is 1. The van der Waals surface area contributed by atoms with E-state index in [4.69, 9.17) is 30.4 Å². The predicted octanol–water partition coefficient (Wildman–Crippen LogP) is 12.3. The van der Waals surface area contributed by atoms with Gasteiger partial charge in [0, 0.05) is 51.6 Å². The van der Waals surface area contributed by atoms with Gasteiger partial charge in [0.1, 0.15) is 6.29 Å². The Balaban J connectivity index is 0.000000576. The monoisotopic (exact) mass is 1970 g/mol. The van der Waals surface area contributed by atoms with Gasteiger partial charge in [0.05, 0.1) is 22.3 Å². The van der Waals surface area contributed by atoms with Crippen molar-refractivity contribution < 1.29 is 76.1 Å². The molecule has 1 aliphatic heterocycles. The van der Waals surface area contributed by atoms with Crippen molar-refractivity contribution in [3.63, 3.8) is 0 Å². The molecule has 13 nitrogen and oxygen atoms in total. The number of aldehydes is 1. The van der Waals surface area contributed by atoms with Gasteiger partial charge < -0.3 is 42.1 Å². The van der Waals surface area contributed by atoms with Crippen LogP contribution in [-0.4, -0.2) is 157 Å². The summed E-state index contributed by atoms with van der Waals surface area (Å²) in [5.74, 6) is -4.17. The molecule has 1 saturated heterocycles. The molecule has 0 saturated carbocycles. The molecule has 6 N–H and O–H groups in total. The van der Waals surface area contributed by atoms with Crippen LogP contribution in [0, 0.1) is 0 Å². The Morgan fingerprint density at radius 1 is 0.361 bits per heavy atom. The number of nitrogens with one attached hydrogen (secondary N) is 1. The molecule has 0 aromatic heterocycles. The summed E-state index contributed by atoms with van der Waals surface area (Å²) in [6, 6.07) is 84.6. The van der Waals surface area contributed by atoms with Crippen LogP contribution in [0.25, 0.3) is 24.3 Å². The second kappa shape index (κ2) is 52.4. The molecule has 1 unspecified atom stereocenters. The number of hydrogen-bond donors (Lipinski definition) is 6. The molecule has 1 atom stereocenters. The first-order valence-corrected chi connectivity index (χ1v) is 30.7. The van der Waals surface area contributed by atoms with E-state index in [1.165, 1.54) is 47.7 Å². The molecule has 18 heteroatoms. The van der Waals surface area contributed by atoms with Crippen LogP contribution in [0.1, 0.15) is 125 Å². The van der Waals surface area contributed by atoms with E-state index in [0.717, 1.165) is 78.4 Å². The Morgan fingerprint density at radius 3 is 0.948 bits per heavy atom. The van der Waals surface area contributed by atoms with Gasteiger partial charge in [-0.1, -0.05) is 237 Å². The molecule has 10 aromatic carbocycles. The van der Waals surface area contributed by atoms with Gasteiger partial charge >= 0.3 is 78.5 Å². The summed E-state index contributed by atoms with van der Waals surface area (Å²) in [6.07, 6.45) is 15.6. The number of carboxylic acids is 4. The summed E-state index contributed by atoms with van der Waals surface area (Å²) < 4.78 is 4.94. The fourth-order valence-corrected chi connectivity index (χ4v) is 8.86. The number of hydroxylamine groups is 1. The van der Waals surface area contributed by atoms with Crippen LogP contribution in [0.5, 0.6) is 0 Å². The minimum atomic E-state index is -1.02. The van der Waals surface area contributed by atoms with E-state index in [2.05, 4.69) is 57.8 Å². The number of aromatic carboxylic acids is 4. The van der Waals surface area contributed by atoms with E-state index in [9.17, 15) is 28.8 Å². The van der Waals surface area contributed by atoms with E-state index >= 15 is 0 Å². The van der Waals surface area contributed by atoms with Gasteiger partial charge in [-0.3, -0.25) is 14.8 Å². The molecule has 0 aliphatic carbocycles. The Bertz CT molecular complexity index is 3830. The largest absolute Gasteiger partial charge is 0 e. The van der Waals surface area contributed by atoms with Crippen molar-refractivity contribution >= 4 is 152 Å². The molecule has 1 heterocycles. The smallest absolute Gasteiger partial charge is 0 e. The Labute approximate surface area is 641 Å². The quantitative estimate of drug-likeness (QED) is 0.0125. The first-order chi connectivity index (χ1) is 45.2. The molecule has 1 fully saturated rings. The number of hydrogen-bond acceptors (Lipinski definition) is 8. The fourth-order valence-electron chi connectivity index (χ4n) is 8.59. The zero-order valence-corrected chi connectivity index (χ0v) is 69.0. The van der Waals surface area contributed by atoms with Crippen molar-refractivity contribution in [2.45, 2.75) is 44.7 Å². The third-order valence-electron chi connectivity index (χ3n) is 13.5. The van der Waals surface area contributed by atoms with E-state index in [1.807, 2.05) is 158 Å². The molecular weight excluding hydrogens is 1890 g/mol. The predicted molar refractivity (Wildman–Crippen MR) is 393 cm³/mol. The van der Waals surface area contributed by atoms with E-state index in [1.54, 1.807) is 78.3 Å². The minimum Gasteiger partial charge on any atom is 0 e. The number of amides is 1. The number of halogens is 1. The number of carbonyl (C=O) groups is 6. The van der Waals surface area contributed by atoms with Crippen LogP contribution >= 0.6 is 9.24 Å². The maximum absolute atomic E-state index is 11.3. The molecule has 496 valence electrons. The molecule has 1 aliphatic rings. The first-order valence-electron chi connectivity index (χ1n) is 29.9. The number of benzene rings is 10. The van der Waals surface area contributed by atoms with Crippen molar-refractivity contribution in [2.24, 2.45) is 0 Å². The van der Waals surface area contributed by atoms with Crippen LogP contribution in [0.4, 0.5) is 0 Å². The summed E-state index contributed by atoms with van der Waals surface area (Å²) >= 11 is 0. The van der Waals surface area contributed by atoms with Gasteiger partial charge in [0.25, 0.3) is 5.91 Å². The molecule has 97 heavy (non-hydrogen) atoms. The second-order valence-electron chi connectivity index (χ2n) is 20.5. The van der Waals surface area contributed by atoms with E-state index < -0.39 is 29.8 Å². The Kier molecular flexibility index (Phi) is 47.2. The van der Waals surface area contributed by atoms with Gasteiger partial charge in [-0.05, 0) is 155 Å². The number of rotatable bonds is 17. The standard InChI is InChI=1S/C15H15NO2.C15H14O2.2C15H12O2.C8H6O3.C7H9P.C4H8O.BrH.3Pb.2H/c17-15(16-18)14-8-4-7-13(11-14)10-9-12-5-2-1-3-6-12;3*16-15(17)14-8-4-7-13(11-14)10-9-12-5-2-1-3-6-12;9-5-6-2-1-3-7(4-6)8(10)11;8-6-7-4-2-1-3-5-7;1-2-4-5-3-1;;;;;;/h1-8,11,18H,9-10H2,(H,16,17);1-8,11H,9-10H2,(H,16,17);2*1-11H,(H,16,17);1-5H,(H,10,11);1-5H,6,8H2;1-4H2;1H;;;;;/p-1/b;;10-9+;10-9-;;;;;;;;;. The number of aryl methyl sites for hydroxylation is 4. The van der Waals surface area contributed by atoms with Crippen LogP contribution in [0.2, 0.25) is 0 Å². The van der Waals surface area contributed by atoms with Gasteiger partial charge in [-0.2, -0.15) is 0 Å². The third-order valence-corrected chi connectivity index (χ3v) is 14.0. The molecule has 1 amide bonds. The number of carbonyl (C=O) groups excluding carboxylic acids is 2. The summed E-state index contributed by atoms with van der Waals surface area (Å²) in [7, 11) is 2.69. The summed E-state index contributed by atoms with van der Waals surface area (Å²) in [6.45, 7) is 2.00. The maximum Gasteiger partial charge on any atom is 0 e. The summed E-state index contributed by atoms with van der Waals surface area (Å²) in [5.41, 5.74) is 13.6. The SMILES string of the molecule is C1CCOC1.O=C(NO)c1cccc(CCc2ccccc2)c1.O=C(O)c1cccc(/C=C/c2ccccc2)c1.O=C(O)c1cccc(/C=C\c2ccccc2)c1.O=C(O)c1cccc(CCc2ccccc2)c1.O=Cc1cccc(C(=O)O)c1.PCc1ccccc1.[Br-].[PbH].[PbH].[Pb]. The van der Waals surface area contributed by atoms with E-state index in [0.29, 0.717) is 34.1 Å². The molecule has 10 radical (unpaired) electrons. The van der Waals surface area contributed by atoms with Crippen molar-refractivity contribution in [1.82, 2.24) is 5.48 Å². The maximum atomic E-state index is 11.3. The summed E-state index contributed by atoms with van der Waals surface area (Å²) in [5, 5.41) is 43.7.